The van der Waals surface area contributed by atoms with Crippen LogP contribution in [0.2, 0.25) is 0 Å². The quantitative estimate of drug-likeness (QED) is 0.629. The molecule has 2 heterocycles. The van der Waals surface area contributed by atoms with Crippen molar-refractivity contribution in [3.8, 4) is 17.9 Å². The van der Waals surface area contributed by atoms with Gasteiger partial charge in [-0.15, -0.1) is 0 Å². The predicted molar refractivity (Wildman–Crippen MR) is 117 cm³/mol. The van der Waals surface area contributed by atoms with Crippen molar-refractivity contribution in [1.29, 1.82) is 5.26 Å². The lowest BCUT2D eigenvalue weighted by molar-refractivity contribution is -0.131. The van der Waals surface area contributed by atoms with Crippen LogP contribution in [-0.4, -0.2) is 46.8 Å². The number of carbonyl (C=O) groups is 2. The zero-order valence-corrected chi connectivity index (χ0v) is 17.4. The van der Waals surface area contributed by atoms with Gasteiger partial charge in [-0.3, -0.25) is 14.6 Å². The SMILES string of the molecule is N#CC1CC(F)(F)CN1C(=O)CNC(=O)c1ccncc1C#Cc1ccc2ccccc2c1. The van der Waals surface area contributed by atoms with Crippen LogP contribution in [0.1, 0.15) is 27.9 Å². The number of carbonyl (C=O) groups excluding carboxylic acids is 2. The summed E-state index contributed by atoms with van der Waals surface area (Å²) in [6.07, 6.45) is 2.16. The number of rotatable bonds is 3. The molecule has 0 saturated carbocycles. The van der Waals surface area contributed by atoms with Gasteiger partial charge in [-0.1, -0.05) is 42.2 Å². The fourth-order valence-corrected chi connectivity index (χ4v) is 3.65. The second-order valence-electron chi connectivity index (χ2n) is 7.64. The summed E-state index contributed by atoms with van der Waals surface area (Å²) in [5.74, 6) is 1.50. The van der Waals surface area contributed by atoms with Gasteiger partial charge in [0.25, 0.3) is 11.8 Å². The zero-order chi connectivity index (χ0) is 23.4. The highest BCUT2D eigenvalue weighted by molar-refractivity contribution is 5.98. The number of fused-ring (bicyclic) bond motifs is 1. The Labute approximate surface area is 188 Å². The molecule has 2 aromatic carbocycles. The van der Waals surface area contributed by atoms with Gasteiger partial charge in [0.05, 0.1) is 30.3 Å². The normalized spacial score (nSPS) is 16.5. The Morgan fingerprint density at radius 2 is 1.94 bits per heavy atom. The van der Waals surface area contributed by atoms with Crippen LogP contribution in [0.4, 0.5) is 8.78 Å². The monoisotopic (exact) mass is 444 g/mol. The minimum absolute atomic E-state index is 0.203. The van der Waals surface area contributed by atoms with E-state index >= 15 is 0 Å². The molecule has 33 heavy (non-hydrogen) atoms. The molecule has 1 N–H and O–H groups in total. The fourth-order valence-electron chi connectivity index (χ4n) is 3.65. The minimum Gasteiger partial charge on any atom is -0.343 e. The van der Waals surface area contributed by atoms with Crippen molar-refractivity contribution >= 4 is 22.6 Å². The fraction of sp³-hybridized carbons (Fsp3) is 0.200. The molecule has 0 bridgehead atoms. The molecule has 3 aromatic rings. The van der Waals surface area contributed by atoms with Crippen molar-refractivity contribution in [2.45, 2.75) is 18.4 Å². The van der Waals surface area contributed by atoms with E-state index in [1.165, 1.54) is 18.5 Å². The summed E-state index contributed by atoms with van der Waals surface area (Å²) in [7, 11) is 0. The molecule has 1 atom stereocenters. The third kappa shape index (κ3) is 4.97. The number of likely N-dealkylation sites (tertiary alicyclic amines) is 1. The largest absolute Gasteiger partial charge is 0.343 e. The van der Waals surface area contributed by atoms with E-state index in [1.807, 2.05) is 42.5 Å². The van der Waals surface area contributed by atoms with Gasteiger partial charge in [-0.05, 0) is 29.0 Å². The number of benzene rings is 2. The van der Waals surface area contributed by atoms with Crippen molar-refractivity contribution in [3.63, 3.8) is 0 Å². The van der Waals surface area contributed by atoms with Crippen LogP contribution in [0.15, 0.2) is 60.9 Å². The van der Waals surface area contributed by atoms with Crippen molar-refractivity contribution < 1.29 is 18.4 Å². The highest BCUT2D eigenvalue weighted by Gasteiger charge is 2.47. The van der Waals surface area contributed by atoms with Crippen LogP contribution in [0.25, 0.3) is 10.8 Å². The first-order chi connectivity index (χ1) is 15.9. The third-order valence-electron chi connectivity index (χ3n) is 5.30. The number of amides is 2. The summed E-state index contributed by atoms with van der Waals surface area (Å²) >= 11 is 0. The Morgan fingerprint density at radius 3 is 2.73 bits per heavy atom. The van der Waals surface area contributed by atoms with E-state index in [0.717, 1.165) is 21.2 Å². The first-order valence-electron chi connectivity index (χ1n) is 10.2. The van der Waals surface area contributed by atoms with Crippen molar-refractivity contribution in [3.05, 3.63) is 77.6 Å². The van der Waals surface area contributed by atoms with Crippen molar-refractivity contribution in [1.82, 2.24) is 15.2 Å². The van der Waals surface area contributed by atoms with Gasteiger partial charge in [-0.2, -0.15) is 5.26 Å². The number of hydrogen-bond donors (Lipinski definition) is 1. The molecule has 0 radical (unpaired) electrons. The summed E-state index contributed by atoms with van der Waals surface area (Å²) in [6, 6.07) is 15.6. The number of nitriles is 1. The Kier molecular flexibility index (Phi) is 6.01. The van der Waals surface area contributed by atoms with E-state index in [4.69, 9.17) is 5.26 Å². The van der Waals surface area contributed by atoms with Gasteiger partial charge in [0.2, 0.25) is 5.91 Å². The van der Waals surface area contributed by atoms with Crippen LogP contribution in [0.5, 0.6) is 0 Å². The van der Waals surface area contributed by atoms with Crippen LogP contribution >= 0.6 is 0 Å². The average Bonchev–Trinajstić information content (AvgIpc) is 3.15. The Hall–Kier alpha value is -4.30. The first-order valence-corrected chi connectivity index (χ1v) is 10.2. The van der Waals surface area contributed by atoms with E-state index in [-0.39, 0.29) is 5.56 Å². The van der Waals surface area contributed by atoms with Gasteiger partial charge >= 0.3 is 0 Å². The molecule has 1 fully saturated rings. The van der Waals surface area contributed by atoms with Gasteiger partial charge in [0.1, 0.15) is 6.04 Å². The Balaban J connectivity index is 1.47. The lowest BCUT2D eigenvalue weighted by Crippen LogP contribution is -2.43. The molecule has 4 rings (SSSR count). The summed E-state index contributed by atoms with van der Waals surface area (Å²) in [6.45, 7) is -1.34. The van der Waals surface area contributed by atoms with Crippen molar-refractivity contribution in [2.75, 3.05) is 13.1 Å². The maximum atomic E-state index is 13.6. The van der Waals surface area contributed by atoms with Gasteiger partial charge in [0.15, 0.2) is 0 Å². The van der Waals surface area contributed by atoms with Crippen molar-refractivity contribution in [2.24, 2.45) is 0 Å². The van der Waals surface area contributed by atoms with E-state index in [2.05, 4.69) is 22.1 Å². The van der Waals surface area contributed by atoms with Crippen LogP contribution in [0.3, 0.4) is 0 Å². The second-order valence-corrected chi connectivity index (χ2v) is 7.64. The number of nitrogens with one attached hydrogen (secondary N) is 1. The van der Waals surface area contributed by atoms with Crippen LogP contribution < -0.4 is 5.32 Å². The molecule has 1 unspecified atom stereocenters. The lowest BCUT2D eigenvalue weighted by atomic mass is 10.1. The molecule has 1 saturated heterocycles. The topological polar surface area (TPSA) is 86.1 Å². The van der Waals surface area contributed by atoms with Crippen LogP contribution in [0, 0.1) is 23.2 Å². The highest BCUT2D eigenvalue weighted by atomic mass is 19.3. The molecule has 8 heteroatoms. The molecular formula is C25H18F2N4O2. The standard InChI is InChI=1S/C25H18F2N4O2/c26-25(27)12-21(13-28)31(16-25)23(32)15-30-24(33)22-9-10-29-14-20(22)8-6-17-5-7-18-3-1-2-4-19(18)11-17/h1-5,7,9-11,14,21H,12,15-16H2,(H,30,33). The summed E-state index contributed by atoms with van der Waals surface area (Å²) in [5.41, 5.74) is 1.32. The van der Waals surface area contributed by atoms with Crippen LogP contribution in [-0.2, 0) is 4.79 Å². The Bertz CT molecular complexity index is 1340. The van der Waals surface area contributed by atoms with Gasteiger partial charge in [0, 0.05) is 24.4 Å². The molecule has 1 aromatic heterocycles. The smallest absolute Gasteiger partial charge is 0.268 e. The summed E-state index contributed by atoms with van der Waals surface area (Å²) in [4.78, 5) is 29.8. The molecule has 0 aliphatic carbocycles. The Morgan fingerprint density at radius 1 is 1.15 bits per heavy atom. The predicted octanol–water partition coefficient (Wildman–Crippen LogP) is 3.12. The lowest BCUT2D eigenvalue weighted by Gasteiger charge is -2.19. The van der Waals surface area contributed by atoms with Gasteiger partial charge < -0.3 is 10.2 Å². The summed E-state index contributed by atoms with van der Waals surface area (Å²) < 4.78 is 27.1. The van der Waals surface area contributed by atoms with E-state index < -0.39 is 43.3 Å². The number of halogens is 2. The minimum atomic E-state index is -3.11. The molecule has 6 nitrogen and oxygen atoms in total. The highest BCUT2D eigenvalue weighted by Crippen LogP contribution is 2.31. The maximum absolute atomic E-state index is 13.6. The number of aromatic nitrogens is 1. The summed E-state index contributed by atoms with van der Waals surface area (Å²) in [5, 5.41) is 13.6. The molecular weight excluding hydrogens is 426 g/mol. The van der Waals surface area contributed by atoms with E-state index in [9.17, 15) is 18.4 Å². The number of alkyl halides is 2. The molecule has 1 aliphatic rings. The third-order valence-corrected chi connectivity index (χ3v) is 5.30. The van der Waals surface area contributed by atoms with E-state index in [1.54, 1.807) is 6.07 Å². The van der Waals surface area contributed by atoms with Gasteiger partial charge in [-0.25, -0.2) is 8.78 Å². The molecule has 0 spiro atoms. The molecule has 164 valence electrons. The number of hydrogen-bond acceptors (Lipinski definition) is 4. The maximum Gasteiger partial charge on any atom is 0.268 e. The number of nitrogens with zero attached hydrogens (tertiary/aromatic N) is 3. The first kappa shape index (κ1) is 21.9. The zero-order valence-electron chi connectivity index (χ0n) is 17.4. The molecule has 1 aliphatic heterocycles. The molecule has 2 amide bonds. The average molecular weight is 444 g/mol. The second kappa shape index (κ2) is 9.05. The number of pyridine rings is 1. The van der Waals surface area contributed by atoms with E-state index in [0.29, 0.717) is 5.56 Å².